The Morgan fingerprint density at radius 1 is 1.44 bits per heavy atom. The van der Waals surface area contributed by atoms with Gasteiger partial charge in [0.15, 0.2) is 0 Å². The van der Waals surface area contributed by atoms with Crippen molar-refractivity contribution in [3.63, 3.8) is 0 Å². The minimum absolute atomic E-state index is 0.0911. The summed E-state index contributed by atoms with van der Waals surface area (Å²) in [7, 11) is 0. The van der Waals surface area contributed by atoms with Crippen molar-refractivity contribution in [3.05, 3.63) is 24.8 Å². The van der Waals surface area contributed by atoms with Gasteiger partial charge >= 0.3 is 5.97 Å². The summed E-state index contributed by atoms with van der Waals surface area (Å²) in [6.07, 6.45) is 2.51. The maximum atomic E-state index is 10.6. The maximum Gasteiger partial charge on any atom is 0.333 e. The lowest BCUT2D eigenvalue weighted by Gasteiger charge is -1.99. The highest BCUT2D eigenvalue weighted by molar-refractivity contribution is 5.86. The fourth-order valence-electron chi connectivity index (χ4n) is 0.549. The molecule has 0 spiro atoms. The summed E-state index contributed by atoms with van der Waals surface area (Å²) in [6.45, 7) is 12.0. The number of hydrogen-bond acceptors (Lipinski definition) is 4. The number of carbonyl (C=O) groups is 1. The lowest BCUT2D eigenvalue weighted by atomic mass is 10.4. The molecule has 0 aliphatic rings. The van der Waals surface area contributed by atoms with Crippen LogP contribution in [0.1, 0.15) is 20.3 Å². The normalized spacial score (nSPS) is 8.69. The van der Waals surface area contributed by atoms with Gasteiger partial charge in [-0.1, -0.05) is 19.6 Å². The Morgan fingerprint density at radius 3 is 2.44 bits per heavy atom. The second kappa shape index (κ2) is 13.9. The standard InChI is InChI=1S/C7H12O2.C5H10O2/c1-4-5-9-7(8)6(2)3;1-2-4-7-5-3-6/h2,4-5H2,1,3H3;2,6H,1,3-5H2. The summed E-state index contributed by atoms with van der Waals surface area (Å²) in [5.74, 6) is -0.295. The van der Waals surface area contributed by atoms with E-state index in [1.165, 1.54) is 0 Å². The fourth-order valence-corrected chi connectivity index (χ4v) is 0.549. The maximum absolute atomic E-state index is 10.6. The average Bonchev–Trinajstić information content (AvgIpc) is 2.27. The van der Waals surface area contributed by atoms with Gasteiger partial charge in [-0.05, 0) is 13.3 Å². The summed E-state index contributed by atoms with van der Waals surface area (Å²) in [4.78, 5) is 10.6. The summed E-state index contributed by atoms with van der Waals surface area (Å²) in [6, 6.07) is 0. The molecule has 0 rings (SSSR count). The third kappa shape index (κ3) is 15.3. The minimum atomic E-state index is -0.295. The van der Waals surface area contributed by atoms with Crippen LogP contribution < -0.4 is 0 Å². The predicted octanol–water partition coefficient (Wildman–Crippen LogP) is 1.70. The highest BCUT2D eigenvalue weighted by Crippen LogP contribution is 1.91. The first-order valence-corrected chi connectivity index (χ1v) is 5.22. The molecule has 0 fully saturated rings. The van der Waals surface area contributed by atoms with Crippen molar-refractivity contribution in [2.75, 3.05) is 26.4 Å². The minimum Gasteiger partial charge on any atom is -0.462 e. The molecule has 94 valence electrons. The average molecular weight is 230 g/mol. The van der Waals surface area contributed by atoms with E-state index in [4.69, 9.17) is 14.6 Å². The highest BCUT2D eigenvalue weighted by Gasteiger charge is 1.99. The van der Waals surface area contributed by atoms with Crippen LogP contribution >= 0.6 is 0 Å². The van der Waals surface area contributed by atoms with Gasteiger partial charge in [0.05, 0.1) is 26.4 Å². The second-order valence-electron chi connectivity index (χ2n) is 3.00. The van der Waals surface area contributed by atoms with Crippen molar-refractivity contribution in [1.82, 2.24) is 0 Å². The second-order valence-corrected chi connectivity index (χ2v) is 3.00. The molecule has 0 aromatic rings. The van der Waals surface area contributed by atoms with Crippen molar-refractivity contribution in [2.45, 2.75) is 20.3 Å². The lowest BCUT2D eigenvalue weighted by Crippen LogP contribution is -2.04. The Kier molecular flexibility index (Phi) is 15.0. The zero-order chi connectivity index (χ0) is 12.8. The summed E-state index contributed by atoms with van der Waals surface area (Å²) in [5.41, 5.74) is 0.462. The van der Waals surface area contributed by atoms with E-state index < -0.39 is 0 Å². The molecule has 0 unspecified atom stereocenters. The van der Waals surface area contributed by atoms with Crippen molar-refractivity contribution in [2.24, 2.45) is 0 Å². The predicted molar refractivity (Wildman–Crippen MR) is 64.2 cm³/mol. The molecule has 1 N–H and O–H groups in total. The number of rotatable bonds is 7. The summed E-state index contributed by atoms with van der Waals surface area (Å²) >= 11 is 0. The number of esters is 1. The van der Waals surface area contributed by atoms with Crippen LogP contribution in [0.25, 0.3) is 0 Å². The molecule has 0 heterocycles. The van der Waals surface area contributed by atoms with Crippen molar-refractivity contribution >= 4 is 5.97 Å². The zero-order valence-corrected chi connectivity index (χ0v) is 10.2. The molecular formula is C12H22O4. The van der Waals surface area contributed by atoms with E-state index in [1.54, 1.807) is 13.0 Å². The van der Waals surface area contributed by atoms with Gasteiger partial charge in [0.25, 0.3) is 0 Å². The number of hydrogen-bond donors (Lipinski definition) is 1. The lowest BCUT2D eigenvalue weighted by molar-refractivity contribution is -0.138. The molecular weight excluding hydrogens is 208 g/mol. The van der Waals surface area contributed by atoms with Gasteiger partial charge < -0.3 is 14.6 Å². The molecule has 0 saturated heterocycles. The quantitative estimate of drug-likeness (QED) is 0.313. The number of aliphatic hydroxyl groups excluding tert-OH is 1. The fraction of sp³-hybridized carbons (Fsp3) is 0.583. The summed E-state index contributed by atoms with van der Waals surface area (Å²) < 4.78 is 9.48. The van der Waals surface area contributed by atoms with E-state index in [0.29, 0.717) is 25.4 Å². The molecule has 16 heavy (non-hydrogen) atoms. The van der Waals surface area contributed by atoms with Gasteiger partial charge in [-0.3, -0.25) is 0 Å². The Labute approximate surface area is 97.6 Å². The molecule has 4 nitrogen and oxygen atoms in total. The highest BCUT2D eigenvalue weighted by atomic mass is 16.5. The van der Waals surface area contributed by atoms with E-state index in [2.05, 4.69) is 13.2 Å². The number of ether oxygens (including phenoxy) is 2. The van der Waals surface area contributed by atoms with Crippen molar-refractivity contribution in [3.8, 4) is 0 Å². The number of carbonyl (C=O) groups excluding carboxylic acids is 1. The van der Waals surface area contributed by atoms with E-state index in [0.717, 1.165) is 6.42 Å². The van der Waals surface area contributed by atoms with E-state index in [9.17, 15) is 4.79 Å². The van der Waals surface area contributed by atoms with Crippen molar-refractivity contribution < 1.29 is 19.4 Å². The van der Waals surface area contributed by atoms with Crippen molar-refractivity contribution in [1.29, 1.82) is 0 Å². The van der Waals surface area contributed by atoms with E-state index in [1.807, 2.05) is 6.92 Å². The Morgan fingerprint density at radius 2 is 2.06 bits per heavy atom. The molecule has 0 aromatic heterocycles. The van der Waals surface area contributed by atoms with E-state index in [-0.39, 0.29) is 12.6 Å². The monoisotopic (exact) mass is 230 g/mol. The molecule has 0 aliphatic heterocycles. The van der Waals surface area contributed by atoms with E-state index >= 15 is 0 Å². The molecule has 0 saturated carbocycles. The van der Waals surface area contributed by atoms with Gasteiger partial charge in [-0.15, -0.1) is 6.58 Å². The molecule has 0 radical (unpaired) electrons. The molecule has 0 amide bonds. The first-order valence-electron chi connectivity index (χ1n) is 5.22. The van der Waals surface area contributed by atoms with Gasteiger partial charge in [0.2, 0.25) is 0 Å². The molecule has 0 atom stereocenters. The number of aliphatic hydroxyl groups is 1. The zero-order valence-electron chi connectivity index (χ0n) is 10.2. The first-order chi connectivity index (χ1) is 7.59. The summed E-state index contributed by atoms with van der Waals surface area (Å²) in [5, 5.41) is 8.13. The molecule has 0 aromatic carbocycles. The van der Waals surface area contributed by atoms with Gasteiger partial charge in [0.1, 0.15) is 0 Å². The van der Waals surface area contributed by atoms with Crippen LogP contribution in [0.3, 0.4) is 0 Å². The van der Waals surface area contributed by atoms with Crippen LogP contribution in [-0.4, -0.2) is 37.5 Å². The Bertz CT molecular complexity index is 199. The largest absolute Gasteiger partial charge is 0.462 e. The van der Waals surface area contributed by atoms with Gasteiger partial charge in [0, 0.05) is 5.57 Å². The molecule has 0 aliphatic carbocycles. The smallest absolute Gasteiger partial charge is 0.333 e. The van der Waals surface area contributed by atoms with Crippen LogP contribution in [0.2, 0.25) is 0 Å². The molecule has 0 bridgehead atoms. The van der Waals surface area contributed by atoms with Crippen LogP contribution in [0.5, 0.6) is 0 Å². The topological polar surface area (TPSA) is 55.8 Å². The third-order valence-corrected chi connectivity index (χ3v) is 1.26. The molecule has 4 heteroatoms. The van der Waals surface area contributed by atoms with Crippen LogP contribution in [-0.2, 0) is 14.3 Å². The SMILES string of the molecule is C=C(C)C(=O)OCCC.C=CCOCCO. The third-order valence-electron chi connectivity index (χ3n) is 1.26. The van der Waals surface area contributed by atoms with Crippen LogP contribution in [0, 0.1) is 0 Å². The van der Waals surface area contributed by atoms with Crippen LogP contribution in [0.15, 0.2) is 24.8 Å². The van der Waals surface area contributed by atoms with Gasteiger partial charge in [-0.25, -0.2) is 4.79 Å². The Hall–Kier alpha value is -1.13. The Balaban J connectivity index is 0. The van der Waals surface area contributed by atoms with Gasteiger partial charge in [-0.2, -0.15) is 0 Å². The first kappa shape index (κ1) is 17.3. The van der Waals surface area contributed by atoms with Crippen LogP contribution in [0.4, 0.5) is 0 Å².